The molecular weight excluding hydrogens is 695 g/mol. The molecule has 0 amide bonds. The molecule has 1 heterocycles. The van der Waals surface area contributed by atoms with E-state index in [1.54, 1.807) is 0 Å². The summed E-state index contributed by atoms with van der Waals surface area (Å²) in [4.78, 5) is 0. The topological polar surface area (TPSA) is 36.9 Å². The van der Waals surface area contributed by atoms with Gasteiger partial charge in [0.25, 0.3) is 0 Å². The molecule has 17 heteroatoms. The second-order valence-electron chi connectivity index (χ2n) is 11.9. The molecule has 49 heavy (non-hydrogen) atoms. The fraction of sp³-hybridized carbons (Fsp3) is 0.562. The van der Waals surface area contributed by atoms with Gasteiger partial charge in [0.15, 0.2) is 0 Å². The summed E-state index contributed by atoms with van der Waals surface area (Å²) >= 11 is 0. The standard InChI is InChI=1S/C32H31F13O4/c1-2-3-4-5-17-6-11-26(46-16-17)18-7-9-19(10-8-18)29(37,38)47-20-12-22(33)27(23(34)13-20)30(39,40)48-21-14-24(35)28(25(36)15-21)31(41,42)49-32(43,44)45/h2-3,12-15,17-19,26H,4-11,16H2,1H3/b3-2+. The Hall–Kier alpha value is -3.21. The Morgan fingerprint density at radius 2 is 1.20 bits per heavy atom. The van der Waals surface area contributed by atoms with Crippen LogP contribution >= 0.6 is 0 Å². The molecule has 2 unspecified atom stereocenters. The van der Waals surface area contributed by atoms with Crippen LogP contribution in [0.1, 0.15) is 69.4 Å². The van der Waals surface area contributed by atoms with Crippen LogP contribution in [0.4, 0.5) is 57.1 Å². The number of allylic oxidation sites excluding steroid dienone is 2. The molecule has 0 N–H and O–H groups in total. The molecule has 0 radical (unpaired) electrons. The van der Waals surface area contributed by atoms with Gasteiger partial charge >= 0.3 is 24.7 Å². The highest BCUT2D eigenvalue weighted by Crippen LogP contribution is 2.45. The van der Waals surface area contributed by atoms with Crippen LogP contribution in [0.25, 0.3) is 0 Å². The van der Waals surface area contributed by atoms with E-state index in [4.69, 9.17) is 4.74 Å². The van der Waals surface area contributed by atoms with Gasteiger partial charge in [-0.1, -0.05) is 12.2 Å². The van der Waals surface area contributed by atoms with Crippen molar-refractivity contribution in [1.82, 2.24) is 0 Å². The monoisotopic (exact) mass is 726 g/mol. The van der Waals surface area contributed by atoms with Crippen molar-refractivity contribution in [1.29, 1.82) is 0 Å². The van der Waals surface area contributed by atoms with Crippen molar-refractivity contribution < 1.29 is 76.0 Å². The number of benzene rings is 2. The zero-order valence-electron chi connectivity index (χ0n) is 25.7. The first-order valence-electron chi connectivity index (χ1n) is 15.2. The summed E-state index contributed by atoms with van der Waals surface area (Å²) < 4.78 is 198. The number of hydrogen-bond donors (Lipinski definition) is 0. The molecule has 2 fully saturated rings. The van der Waals surface area contributed by atoms with Gasteiger partial charge in [0.2, 0.25) is 0 Å². The van der Waals surface area contributed by atoms with Crippen LogP contribution in [-0.2, 0) is 21.7 Å². The van der Waals surface area contributed by atoms with Crippen LogP contribution in [-0.4, -0.2) is 25.2 Å². The van der Waals surface area contributed by atoms with Crippen molar-refractivity contribution in [2.24, 2.45) is 17.8 Å². The molecule has 4 nitrogen and oxygen atoms in total. The van der Waals surface area contributed by atoms with Gasteiger partial charge in [-0.15, -0.1) is 13.2 Å². The molecule has 2 aromatic carbocycles. The third-order valence-corrected chi connectivity index (χ3v) is 8.51. The lowest BCUT2D eigenvalue weighted by Gasteiger charge is -2.39. The number of alkyl halides is 9. The van der Waals surface area contributed by atoms with Gasteiger partial charge in [-0.25, -0.2) is 22.3 Å². The van der Waals surface area contributed by atoms with Crippen LogP contribution in [0.5, 0.6) is 11.5 Å². The molecule has 4 rings (SSSR count). The summed E-state index contributed by atoms with van der Waals surface area (Å²) in [6.45, 7) is 2.52. The third kappa shape index (κ3) is 9.73. The Morgan fingerprint density at radius 3 is 1.67 bits per heavy atom. The molecular formula is C32H31F13O4. The van der Waals surface area contributed by atoms with Crippen LogP contribution in [0.15, 0.2) is 36.4 Å². The molecule has 0 aromatic heterocycles. The first-order chi connectivity index (χ1) is 22.7. The molecule has 1 aliphatic heterocycles. The summed E-state index contributed by atoms with van der Waals surface area (Å²) in [5.74, 6) is -13.3. The molecule has 0 bridgehead atoms. The van der Waals surface area contributed by atoms with Crippen LogP contribution in [0.3, 0.4) is 0 Å². The minimum Gasteiger partial charge on any atom is -0.432 e. The molecule has 274 valence electrons. The summed E-state index contributed by atoms with van der Waals surface area (Å²) in [6.07, 6.45) is -12.5. The minimum absolute atomic E-state index is 0.00287. The van der Waals surface area contributed by atoms with E-state index in [9.17, 15) is 48.3 Å². The first kappa shape index (κ1) is 38.6. The van der Waals surface area contributed by atoms with Crippen molar-refractivity contribution in [2.45, 2.75) is 89.1 Å². The van der Waals surface area contributed by atoms with Gasteiger partial charge in [-0.3, -0.25) is 0 Å². The van der Waals surface area contributed by atoms with Crippen LogP contribution < -0.4 is 9.47 Å². The molecule has 1 aliphatic carbocycles. The highest BCUT2D eigenvalue weighted by molar-refractivity contribution is 5.36. The van der Waals surface area contributed by atoms with Gasteiger partial charge in [0, 0.05) is 30.9 Å². The fourth-order valence-corrected chi connectivity index (χ4v) is 6.16. The van der Waals surface area contributed by atoms with Crippen LogP contribution in [0.2, 0.25) is 0 Å². The van der Waals surface area contributed by atoms with Gasteiger partial charge in [0.1, 0.15) is 45.9 Å². The van der Waals surface area contributed by atoms with E-state index < -0.39 is 88.6 Å². The normalized spacial score (nSPS) is 22.8. The zero-order valence-corrected chi connectivity index (χ0v) is 25.7. The lowest BCUT2D eigenvalue weighted by atomic mass is 9.76. The maximum absolute atomic E-state index is 15.1. The van der Waals surface area contributed by atoms with Crippen molar-refractivity contribution in [3.05, 3.63) is 70.8 Å². The lowest BCUT2D eigenvalue weighted by Crippen LogP contribution is -2.40. The third-order valence-electron chi connectivity index (χ3n) is 8.51. The van der Waals surface area contributed by atoms with Crippen LogP contribution in [0, 0.1) is 41.0 Å². The maximum Gasteiger partial charge on any atom is 0.527 e. The van der Waals surface area contributed by atoms with Gasteiger partial charge < -0.3 is 14.2 Å². The summed E-state index contributed by atoms with van der Waals surface area (Å²) in [5, 5.41) is 0. The second-order valence-corrected chi connectivity index (χ2v) is 11.9. The average molecular weight is 727 g/mol. The van der Waals surface area contributed by atoms with Crippen molar-refractivity contribution in [2.75, 3.05) is 6.61 Å². The zero-order chi connectivity index (χ0) is 36.4. The molecule has 2 aliphatic rings. The largest absolute Gasteiger partial charge is 0.527 e. The Morgan fingerprint density at radius 1 is 0.694 bits per heavy atom. The van der Waals surface area contributed by atoms with Crippen molar-refractivity contribution in [3.63, 3.8) is 0 Å². The van der Waals surface area contributed by atoms with E-state index >= 15 is 8.78 Å². The Labute approximate surface area is 272 Å². The van der Waals surface area contributed by atoms with Crippen molar-refractivity contribution >= 4 is 0 Å². The minimum atomic E-state index is -6.07. The number of hydrogen-bond acceptors (Lipinski definition) is 4. The average Bonchev–Trinajstić information content (AvgIpc) is 2.95. The predicted molar refractivity (Wildman–Crippen MR) is 146 cm³/mol. The van der Waals surface area contributed by atoms with E-state index in [1.807, 2.05) is 13.0 Å². The highest BCUT2D eigenvalue weighted by Gasteiger charge is 2.50. The molecule has 1 saturated heterocycles. The van der Waals surface area contributed by atoms with E-state index in [-0.39, 0.29) is 37.0 Å². The van der Waals surface area contributed by atoms with Gasteiger partial charge in [-0.05, 0) is 70.1 Å². The second kappa shape index (κ2) is 15.0. The molecule has 1 saturated carbocycles. The van der Waals surface area contributed by atoms with Gasteiger partial charge in [0.05, 0.1) is 12.0 Å². The predicted octanol–water partition coefficient (Wildman–Crippen LogP) is 10.9. The Balaban J connectivity index is 1.39. The smallest absolute Gasteiger partial charge is 0.432 e. The van der Waals surface area contributed by atoms with Gasteiger partial charge in [-0.2, -0.15) is 26.3 Å². The van der Waals surface area contributed by atoms with Crippen molar-refractivity contribution in [3.8, 4) is 11.5 Å². The van der Waals surface area contributed by atoms with E-state index in [2.05, 4.69) is 20.3 Å². The SMILES string of the molecule is C/C=C/CCC1CCC(C2CCC(C(F)(F)Oc3cc(F)c(C(F)(F)Oc4cc(F)c(C(F)(F)OC(F)(F)F)c(F)c4)c(F)c3)CC2)OC1. The molecule has 2 atom stereocenters. The lowest BCUT2D eigenvalue weighted by molar-refractivity contribution is -0.432. The highest BCUT2D eigenvalue weighted by atomic mass is 19.4. The van der Waals surface area contributed by atoms with E-state index in [0.29, 0.717) is 25.4 Å². The fourth-order valence-electron chi connectivity index (χ4n) is 6.16. The Kier molecular flexibility index (Phi) is 11.8. The quantitative estimate of drug-likeness (QED) is 0.161. The summed E-state index contributed by atoms with van der Waals surface area (Å²) in [5.41, 5.74) is -4.86. The summed E-state index contributed by atoms with van der Waals surface area (Å²) in [6, 6.07) is -0.827. The maximum atomic E-state index is 15.1. The Bertz CT molecular complexity index is 1420. The number of halogens is 13. The van der Waals surface area contributed by atoms with E-state index in [0.717, 1.165) is 25.7 Å². The molecule has 0 spiro atoms. The first-order valence-corrected chi connectivity index (χ1v) is 15.2. The number of rotatable bonds is 12. The summed E-state index contributed by atoms with van der Waals surface area (Å²) in [7, 11) is 0. The number of ether oxygens (including phenoxy) is 4. The molecule has 2 aromatic rings. The van der Waals surface area contributed by atoms with E-state index in [1.165, 1.54) is 0 Å².